The molecule has 0 aromatic heterocycles. The Bertz CT molecular complexity index is 944. The normalized spacial score (nSPS) is 21.3. The largest absolute Gasteiger partial charge is 0.361 e. The van der Waals surface area contributed by atoms with Gasteiger partial charge >= 0.3 is 0 Å². The van der Waals surface area contributed by atoms with Crippen molar-refractivity contribution in [1.29, 1.82) is 0 Å². The lowest BCUT2D eigenvalue weighted by Gasteiger charge is -2.41. The molecule has 1 N–H and O–H groups in total. The first-order valence-electron chi connectivity index (χ1n) is 10.6. The van der Waals surface area contributed by atoms with E-state index in [2.05, 4.69) is 5.32 Å². The van der Waals surface area contributed by atoms with Gasteiger partial charge in [-0.2, -0.15) is 0 Å². The van der Waals surface area contributed by atoms with Crippen LogP contribution in [0.4, 0.5) is 4.39 Å². The Morgan fingerprint density at radius 2 is 1.90 bits per heavy atom. The molecular weight excluding hydrogens is 383 g/mol. The zero-order chi connectivity index (χ0) is 21.1. The van der Waals surface area contributed by atoms with Gasteiger partial charge in [-0.25, -0.2) is 4.39 Å². The van der Waals surface area contributed by atoms with E-state index in [9.17, 15) is 14.0 Å². The molecule has 1 aliphatic heterocycles. The summed E-state index contributed by atoms with van der Waals surface area (Å²) in [5, 5.41) is 3.06. The smallest absolute Gasteiger partial charge is 0.254 e. The van der Waals surface area contributed by atoms with E-state index in [1.54, 1.807) is 11.0 Å². The molecule has 5 nitrogen and oxygen atoms in total. The average molecular weight is 410 g/mol. The van der Waals surface area contributed by atoms with Crippen molar-refractivity contribution in [2.24, 2.45) is 0 Å². The molecule has 4 rings (SSSR count). The highest BCUT2D eigenvalue weighted by Crippen LogP contribution is 2.29. The second-order valence-corrected chi connectivity index (χ2v) is 8.15. The first-order chi connectivity index (χ1) is 14.5. The van der Waals surface area contributed by atoms with Crippen molar-refractivity contribution in [1.82, 2.24) is 10.2 Å². The van der Waals surface area contributed by atoms with E-state index >= 15 is 0 Å². The minimum atomic E-state index is -1.12. The van der Waals surface area contributed by atoms with Gasteiger partial charge in [-0.05, 0) is 41.7 Å². The maximum absolute atomic E-state index is 13.7. The Balaban J connectivity index is 1.62. The standard InChI is InChI=1S/C24H27FN2O3/c1-2-22(28)27-11-12-30-24(16-27,23(29)26-21-9-10-21)15-17-5-3-6-18(13-17)19-7-4-8-20(25)14-19/h3-8,13-14,21H,2,9-12,15-16H2,1H3,(H,26,29). The molecule has 1 unspecified atom stereocenters. The molecule has 1 saturated heterocycles. The van der Waals surface area contributed by atoms with Crippen LogP contribution in [-0.4, -0.2) is 48.1 Å². The zero-order valence-electron chi connectivity index (χ0n) is 17.2. The third-order valence-corrected chi connectivity index (χ3v) is 5.74. The van der Waals surface area contributed by atoms with Crippen LogP contribution in [0.1, 0.15) is 31.7 Å². The summed E-state index contributed by atoms with van der Waals surface area (Å²) >= 11 is 0. The minimum Gasteiger partial charge on any atom is -0.361 e. The maximum atomic E-state index is 13.7. The summed E-state index contributed by atoms with van der Waals surface area (Å²) < 4.78 is 19.7. The second kappa shape index (κ2) is 8.56. The number of rotatable bonds is 6. The number of hydrogen-bond donors (Lipinski definition) is 1. The first-order valence-corrected chi connectivity index (χ1v) is 10.6. The van der Waals surface area contributed by atoms with Crippen LogP contribution in [0.15, 0.2) is 48.5 Å². The number of nitrogens with zero attached hydrogens (tertiary/aromatic N) is 1. The topological polar surface area (TPSA) is 58.6 Å². The number of carbonyl (C=O) groups excluding carboxylic acids is 2. The average Bonchev–Trinajstić information content (AvgIpc) is 3.57. The molecule has 1 atom stereocenters. The van der Waals surface area contributed by atoms with Gasteiger partial charge in [0, 0.05) is 25.4 Å². The monoisotopic (exact) mass is 410 g/mol. The van der Waals surface area contributed by atoms with Crippen LogP contribution in [0, 0.1) is 5.82 Å². The summed E-state index contributed by atoms with van der Waals surface area (Å²) in [4.78, 5) is 27.3. The number of benzene rings is 2. The van der Waals surface area contributed by atoms with E-state index < -0.39 is 5.60 Å². The molecule has 1 heterocycles. The van der Waals surface area contributed by atoms with Crippen LogP contribution >= 0.6 is 0 Å². The van der Waals surface area contributed by atoms with Crippen LogP contribution < -0.4 is 5.32 Å². The molecule has 2 aromatic carbocycles. The molecule has 2 aliphatic rings. The van der Waals surface area contributed by atoms with Gasteiger partial charge in [0.2, 0.25) is 5.91 Å². The van der Waals surface area contributed by atoms with Crippen molar-refractivity contribution in [3.8, 4) is 11.1 Å². The van der Waals surface area contributed by atoms with Gasteiger partial charge in [0.05, 0.1) is 13.2 Å². The lowest BCUT2D eigenvalue weighted by molar-refractivity contribution is -0.166. The summed E-state index contributed by atoms with van der Waals surface area (Å²) in [6.45, 7) is 2.89. The number of halogens is 1. The van der Waals surface area contributed by atoms with E-state index in [0.29, 0.717) is 26.0 Å². The highest BCUT2D eigenvalue weighted by molar-refractivity contribution is 5.88. The molecule has 0 bridgehead atoms. The van der Waals surface area contributed by atoms with Gasteiger partial charge in [0.25, 0.3) is 5.91 Å². The van der Waals surface area contributed by atoms with Crippen molar-refractivity contribution in [2.75, 3.05) is 19.7 Å². The molecular formula is C24H27FN2O3. The molecule has 2 aromatic rings. The number of ether oxygens (including phenoxy) is 1. The van der Waals surface area contributed by atoms with Crippen molar-refractivity contribution in [3.63, 3.8) is 0 Å². The number of hydrogen-bond acceptors (Lipinski definition) is 3. The molecule has 0 radical (unpaired) electrons. The Hall–Kier alpha value is -2.73. The highest BCUT2D eigenvalue weighted by atomic mass is 19.1. The Morgan fingerprint density at radius 1 is 1.17 bits per heavy atom. The van der Waals surface area contributed by atoms with E-state index in [1.807, 2.05) is 37.3 Å². The van der Waals surface area contributed by atoms with Crippen molar-refractivity contribution >= 4 is 11.8 Å². The van der Waals surface area contributed by atoms with E-state index in [-0.39, 0.29) is 30.2 Å². The molecule has 1 aliphatic carbocycles. The number of carbonyl (C=O) groups is 2. The number of nitrogens with one attached hydrogen (secondary N) is 1. The van der Waals surface area contributed by atoms with Gasteiger partial charge < -0.3 is 15.0 Å². The van der Waals surface area contributed by atoms with Crippen LogP contribution in [0.2, 0.25) is 0 Å². The molecule has 2 fully saturated rings. The van der Waals surface area contributed by atoms with Gasteiger partial charge in [0.15, 0.2) is 5.60 Å². The lowest BCUT2D eigenvalue weighted by atomic mass is 9.89. The molecule has 158 valence electrons. The van der Waals surface area contributed by atoms with E-state index in [1.165, 1.54) is 12.1 Å². The molecule has 2 amide bonds. The number of amides is 2. The van der Waals surface area contributed by atoms with Crippen molar-refractivity contribution in [2.45, 2.75) is 44.2 Å². The zero-order valence-corrected chi connectivity index (χ0v) is 17.2. The fourth-order valence-electron chi connectivity index (χ4n) is 3.95. The fourth-order valence-corrected chi connectivity index (χ4v) is 3.95. The third-order valence-electron chi connectivity index (χ3n) is 5.74. The van der Waals surface area contributed by atoms with Gasteiger partial charge in [-0.3, -0.25) is 9.59 Å². The predicted molar refractivity (Wildman–Crippen MR) is 112 cm³/mol. The van der Waals surface area contributed by atoms with Crippen LogP contribution in [-0.2, 0) is 20.7 Å². The van der Waals surface area contributed by atoms with Crippen LogP contribution in [0.3, 0.4) is 0 Å². The second-order valence-electron chi connectivity index (χ2n) is 8.15. The molecule has 1 saturated carbocycles. The van der Waals surface area contributed by atoms with E-state index in [0.717, 1.165) is 29.5 Å². The Morgan fingerprint density at radius 3 is 2.60 bits per heavy atom. The maximum Gasteiger partial charge on any atom is 0.254 e. The van der Waals surface area contributed by atoms with Crippen molar-refractivity contribution in [3.05, 3.63) is 59.9 Å². The highest BCUT2D eigenvalue weighted by Gasteiger charge is 2.46. The lowest BCUT2D eigenvalue weighted by Crippen LogP contribution is -2.62. The first kappa shape index (κ1) is 20.5. The van der Waals surface area contributed by atoms with Crippen LogP contribution in [0.25, 0.3) is 11.1 Å². The fraction of sp³-hybridized carbons (Fsp3) is 0.417. The SMILES string of the molecule is CCC(=O)N1CCOC(Cc2cccc(-c3cccc(F)c3)c2)(C(=O)NC2CC2)C1. The summed E-state index contributed by atoms with van der Waals surface area (Å²) in [7, 11) is 0. The summed E-state index contributed by atoms with van der Waals surface area (Å²) in [5.41, 5.74) is 1.45. The Labute approximate surface area is 176 Å². The molecule has 6 heteroatoms. The predicted octanol–water partition coefficient (Wildman–Crippen LogP) is 3.32. The summed E-state index contributed by atoms with van der Waals surface area (Å²) in [6, 6.07) is 14.4. The molecule has 0 spiro atoms. The summed E-state index contributed by atoms with van der Waals surface area (Å²) in [6.07, 6.45) is 2.71. The van der Waals surface area contributed by atoms with Gasteiger partial charge in [-0.1, -0.05) is 43.3 Å². The number of morpholine rings is 1. The summed E-state index contributed by atoms with van der Waals surface area (Å²) in [5.74, 6) is -0.423. The Kier molecular flexibility index (Phi) is 5.86. The minimum absolute atomic E-state index is 0.0235. The quantitative estimate of drug-likeness (QED) is 0.795. The van der Waals surface area contributed by atoms with Gasteiger partial charge in [0.1, 0.15) is 5.82 Å². The van der Waals surface area contributed by atoms with E-state index in [4.69, 9.17) is 4.74 Å². The molecule has 30 heavy (non-hydrogen) atoms. The van der Waals surface area contributed by atoms with Crippen LogP contribution in [0.5, 0.6) is 0 Å². The van der Waals surface area contributed by atoms with Crippen molar-refractivity contribution < 1.29 is 18.7 Å². The van der Waals surface area contributed by atoms with Gasteiger partial charge in [-0.15, -0.1) is 0 Å². The third kappa shape index (κ3) is 4.54.